The van der Waals surface area contributed by atoms with Gasteiger partial charge in [-0.1, -0.05) is 11.2 Å². The first-order chi connectivity index (χ1) is 15.4. The second kappa shape index (κ2) is 9.04. The Labute approximate surface area is 183 Å². The molecule has 2 aromatic heterocycles. The molecule has 0 bridgehead atoms. The fraction of sp³-hybridized carbons (Fsp3) is 0.348. The van der Waals surface area contributed by atoms with E-state index in [-0.39, 0.29) is 22.9 Å². The largest absolute Gasteiger partial charge is 0.504 e. The Kier molecular flexibility index (Phi) is 6.18. The Hall–Kier alpha value is -3.33. The van der Waals surface area contributed by atoms with Crippen molar-refractivity contribution in [2.45, 2.75) is 26.2 Å². The fourth-order valence-corrected chi connectivity index (χ4v) is 4.27. The maximum absolute atomic E-state index is 14.0. The highest BCUT2D eigenvalue weighted by atomic mass is 19.1. The van der Waals surface area contributed by atoms with Gasteiger partial charge in [0.15, 0.2) is 11.4 Å². The van der Waals surface area contributed by atoms with Crippen molar-refractivity contribution >= 4 is 11.4 Å². The number of halogens is 2. The van der Waals surface area contributed by atoms with Crippen molar-refractivity contribution in [3.63, 3.8) is 0 Å². The monoisotopic (exact) mass is 442 g/mol. The van der Waals surface area contributed by atoms with Crippen LogP contribution >= 0.6 is 0 Å². The molecular weight excluding hydrogens is 418 g/mol. The smallest absolute Gasteiger partial charge is 0.261 e. The molecule has 3 heterocycles. The topological polar surface area (TPSA) is 90.4 Å². The first-order valence-electron chi connectivity index (χ1n) is 10.4. The standard InChI is InChI=1S/C23H24F2N4O3/c1-14-18(23(31)29-8-2-3-21(30)22(29)26-14)7-10-28-9-6-16(20(13-28)27-32)11-15-4-5-17(24)12-19(15)25/h2-5,8,12,16,30,32H,6-7,9-11,13H2,1H3/b27-20+. The van der Waals surface area contributed by atoms with Gasteiger partial charge in [-0.25, -0.2) is 13.8 Å². The number of aryl methyl sites for hydroxylation is 1. The van der Waals surface area contributed by atoms with Crippen LogP contribution in [0.3, 0.4) is 0 Å². The van der Waals surface area contributed by atoms with Gasteiger partial charge >= 0.3 is 0 Å². The van der Waals surface area contributed by atoms with Crippen molar-refractivity contribution in [3.05, 3.63) is 75.3 Å². The lowest BCUT2D eigenvalue weighted by Gasteiger charge is -2.32. The molecule has 1 aromatic carbocycles. The lowest BCUT2D eigenvalue weighted by atomic mass is 9.88. The van der Waals surface area contributed by atoms with Gasteiger partial charge in [0.2, 0.25) is 0 Å². The van der Waals surface area contributed by atoms with Gasteiger partial charge < -0.3 is 10.3 Å². The van der Waals surface area contributed by atoms with Gasteiger partial charge in [0.05, 0.1) is 5.71 Å². The minimum Gasteiger partial charge on any atom is -0.504 e. The highest BCUT2D eigenvalue weighted by Gasteiger charge is 2.27. The number of pyridine rings is 1. The average Bonchev–Trinajstić information content (AvgIpc) is 2.77. The molecule has 0 radical (unpaired) electrons. The number of hydrogen-bond acceptors (Lipinski definition) is 6. The summed E-state index contributed by atoms with van der Waals surface area (Å²) in [7, 11) is 0. The number of aromatic nitrogens is 2. The zero-order chi connectivity index (χ0) is 22.8. The van der Waals surface area contributed by atoms with Crippen LogP contribution in [-0.2, 0) is 12.8 Å². The zero-order valence-corrected chi connectivity index (χ0v) is 17.6. The molecule has 168 valence electrons. The zero-order valence-electron chi connectivity index (χ0n) is 17.6. The molecule has 1 aliphatic rings. The third kappa shape index (κ3) is 4.34. The number of fused-ring (bicyclic) bond motifs is 1. The van der Waals surface area contributed by atoms with Gasteiger partial charge in [-0.2, -0.15) is 0 Å². The molecule has 32 heavy (non-hydrogen) atoms. The summed E-state index contributed by atoms with van der Waals surface area (Å²) in [5.74, 6) is -1.42. The Morgan fingerprint density at radius 3 is 2.84 bits per heavy atom. The van der Waals surface area contributed by atoms with Crippen molar-refractivity contribution < 1.29 is 19.1 Å². The summed E-state index contributed by atoms with van der Waals surface area (Å²) >= 11 is 0. The number of oxime groups is 1. The molecule has 0 spiro atoms. The fourth-order valence-electron chi connectivity index (χ4n) is 4.27. The summed E-state index contributed by atoms with van der Waals surface area (Å²) in [4.78, 5) is 19.3. The van der Waals surface area contributed by atoms with Gasteiger partial charge in [-0.05, 0) is 56.5 Å². The summed E-state index contributed by atoms with van der Waals surface area (Å²) in [6, 6.07) is 6.58. The van der Waals surface area contributed by atoms with Crippen molar-refractivity contribution in [1.82, 2.24) is 14.3 Å². The van der Waals surface area contributed by atoms with E-state index in [1.54, 1.807) is 19.2 Å². The van der Waals surface area contributed by atoms with Crippen LogP contribution in [0, 0.1) is 24.5 Å². The summed E-state index contributed by atoms with van der Waals surface area (Å²) < 4.78 is 28.5. The van der Waals surface area contributed by atoms with Crippen LogP contribution in [0.4, 0.5) is 8.78 Å². The van der Waals surface area contributed by atoms with Crippen LogP contribution in [0.25, 0.3) is 5.65 Å². The van der Waals surface area contributed by atoms with Crippen LogP contribution in [0.2, 0.25) is 0 Å². The van der Waals surface area contributed by atoms with Crippen LogP contribution in [0.1, 0.15) is 23.2 Å². The molecule has 3 aromatic rings. The number of nitrogens with zero attached hydrogens (tertiary/aromatic N) is 4. The van der Waals surface area contributed by atoms with Gasteiger partial charge in [-0.3, -0.25) is 14.1 Å². The van der Waals surface area contributed by atoms with Crippen LogP contribution in [0.15, 0.2) is 46.5 Å². The molecule has 0 saturated carbocycles. The van der Waals surface area contributed by atoms with E-state index < -0.39 is 11.6 Å². The first-order valence-corrected chi connectivity index (χ1v) is 10.4. The molecule has 1 fully saturated rings. The minimum atomic E-state index is -0.623. The lowest BCUT2D eigenvalue weighted by molar-refractivity contribution is 0.251. The molecule has 4 rings (SSSR count). The Balaban J connectivity index is 1.44. The van der Waals surface area contributed by atoms with Gasteiger partial charge in [0.1, 0.15) is 11.6 Å². The highest BCUT2D eigenvalue weighted by molar-refractivity contribution is 5.89. The number of piperidine rings is 1. The molecule has 2 N–H and O–H groups in total. The first kappa shape index (κ1) is 21.9. The number of rotatable bonds is 5. The lowest BCUT2D eigenvalue weighted by Crippen LogP contribution is -2.43. The molecular formula is C23H24F2N4O3. The van der Waals surface area contributed by atoms with E-state index in [2.05, 4.69) is 15.0 Å². The quantitative estimate of drug-likeness (QED) is 0.468. The van der Waals surface area contributed by atoms with Crippen LogP contribution < -0.4 is 5.56 Å². The van der Waals surface area contributed by atoms with E-state index in [1.165, 1.54) is 22.6 Å². The SMILES string of the molecule is Cc1nc2c(O)cccn2c(=O)c1CCN1CCC(Cc2ccc(F)cc2F)/C(=N/O)C1. The van der Waals surface area contributed by atoms with Crippen molar-refractivity contribution in [3.8, 4) is 5.75 Å². The van der Waals surface area contributed by atoms with E-state index in [0.717, 1.165) is 6.07 Å². The molecule has 9 heteroatoms. The van der Waals surface area contributed by atoms with Crippen LogP contribution in [0.5, 0.6) is 5.75 Å². The maximum Gasteiger partial charge on any atom is 0.261 e. The Bertz CT molecular complexity index is 1240. The predicted octanol–water partition coefficient (Wildman–Crippen LogP) is 2.92. The van der Waals surface area contributed by atoms with E-state index in [1.807, 2.05) is 0 Å². The Morgan fingerprint density at radius 2 is 2.09 bits per heavy atom. The maximum atomic E-state index is 14.0. The second-order valence-electron chi connectivity index (χ2n) is 8.11. The van der Waals surface area contributed by atoms with E-state index in [0.29, 0.717) is 61.4 Å². The van der Waals surface area contributed by atoms with E-state index in [4.69, 9.17) is 0 Å². The second-order valence-corrected chi connectivity index (χ2v) is 8.11. The summed E-state index contributed by atoms with van der Waals surface area (Å²) in [5.41, 5.74) is 2.05. The molecule has 1 unspecified atom stereocenters. The number of hydrogen-bond donors (Lipinski definition) is 2. The predicted molar refractivity (Wildman–Crippen MR) is 115 cm³/mol. The van der Waals surface area contributed by atoms with E-state index in [9.17, 15) is 23.9 Å². The Morgan fingerprint density at radius 1 is 1.28 bits per heavy atom. The summed E-state index contributed by atoms with van der Waals surface area (Å²) in [5, 5.41) is 22.9. The highest BCUT2D eigenvalue weighted by Crippen LogP contribution is 2.23. The van der Waals surface area contributed by atoms with Crippen molar-refractivity contribution in [2.75, 3.05) is 19.6 Å². The molecule has 0 aliphatic carbocycles. The average molecular weight is 442 g/mol. The molecule has 1 aliphatic heterocycles. The molecule has 0 amide bonds. The third-order valence-electron chi connectivity index (χ3n) is 6.07. The number of benzene rings is 1. The number of likely N-dealkylation sites (tertiary alicyclic amines) is 1. The van der Waals surface area contributed by atoms with Crippen molar-refractivity contribution in [2.24, 2.45) is 11.1 Å². The molecule has 1 atom stereocenters. The van der Waals surface area contributed by atoms with Crippen LogP contribution in [-0.4, -0.2) is 49.9 Å². The molecule has 1 saturated heterocycles. The molecule has 7 nitrogen and oxygen atoms in total. The number of aromatic hydroxyl groups is 1. The van der Waals surface area contributed by atoms with Gasteiger partial charge in [0, 0.05) is 42.5 Å². The van der Waals surface area contributed by atoms with Gasteiger partial charge in [0.25, 0.3) is 5.56 Å². The van der Waals surface area contributed by atoms with E-state index >= 15 is 0 Å². The van der Waals surface area contributed by atoms with Gasteiger partial charge in [-0.15, -0.1) is 0 Å². The van der Waals surface area contributed by atoms with Crippen molar-refractivity contribution in [1.29, 1.82) is 0 Å². The summed E-state index contributed by atoms with van der Waals surface area (Å²) in [6.07, 6.45) is 3.01. The summed E-state index contributed by atoms with van der Waals surface area (Å²) in [6.45, 7) is 3.38. The normalized spacial score (nSPS) is 18.5. The third-order valence-corrected chi connectivity index (χ3v) is 6.07. The minimum absolute atomic E-state index is 0.0530.